The Bertz CT molecular complexity index is 547. The first-order chi connectivity index (χ1) is 9.38. The molecule has 0 aliphatic heterocycles. The van der Waals surface area contributed by atoms with Crippen LogP contribution in [0.3, 0.4) is 0 Å². The van der Waals surface area contributed by atoms with Gasteiger partial charge in [-0.2, -0.15) is 0 Å². The van der Waals surface area contributed by atoms with E-state index in [1.54, 1.807) is 5.56 Å². The number of rotatable bonds is 3. The Kier molecular flexibility index (Phi) is 3.87. The van der Waals surface area contributed by atoms with Gasteiger partial charge in [-0.15, -0.1) is 0 Å². The second kappa shape index (κ2) is 5.77. The molecule has 0 saturated heterocycles. The lowest BCUT2D eigenvalue weighted by molar-refractivity contribution is 0.443. The maximum atomic E-state index is 4.03. The van der Waals surface area contributed by atoms with Crippen molar-refractivity contribution in [1.29, 1.82) is 0 Å². The van der Waals surface area contributed by atoms with Crippen LogP contribution in [0.15, 0.2) is 36.4 Å². The Hall–Kier alpha value is -1.30. The topological polar surface area (TPSA) is 0 Å². The first-order valence-electron chi connectivity index (χ1n) is 7.69. The third-order valence-corrected chi connectivity index (χ3v) is 4.49. The highest BCUT2D eigenvalue weighted by Gasteiger charge is 2.16. The fourth-order valence-corrected chi connectivity index (χ4v) is 3.48. The van der Waals surface area contributed by atoms with E-state index in [9.17, 15) is 0 Å². The van der Waals surface area contributed by atoms with Crippen molar-refractivity contribution in [2.24, 2.45) is 0 Å². The smallest absolute Gasteiger partial charge is 0.0152 e. The fraction of sp³-hybridized carbons (Fsp3) is 0.421. The van der Waals surface area contributed by atoms with Gasteiger partial charge in [-0.1, -0.05) is 62.6 Å². The molecule has 2 aromatic carbocycles. The Balaban J connectivity index is 2.04. The molecular formula is C19H23. The van der Waals surface area contributed by atoms with Crippen LogP contribution in [0.25, 0.3) is 10.8 Å². The highest BCUT2D eigenvalue weighted by atomic mass is 14.2. The number of aryl methyl sites for hydroxylation is 1. The maximum Gasteiger partial charge on any atom is -0.0152 e. The summed E-state index contributed by atoms with van der Waals surface area (Å²) in [7, 11) is 0. The summed E-state index contributed by atoms with van der Waals surface area (Å²) in [5, 5.41) is 2.83. The molecule has 0 amide bonds. The number of fused-ring (bicyclic) bond motifs is 1. The van der Waals surface area contributed by atoms with E-state index in [0.717, 1.165) is 18.8 Å². The number of benzene rings is 2. The third-order valence-electron chi connectivity index (χ3n) is 4.49. The summed E-state index contributed by atoms with van der Waals surface area (Å²) < 4.78 is 0. The molecule has 1 radical (unpaired) electrons. The molecule has 1 aliphatic rings. The molecule has 0 bridgehead atoms. The van der Waals surface area contributed by atoms with Crippen molar-refractivity contribution in [1.82, 2.24) is 0 Å². The highest BCUT2D eigenvalue weighted by Crippen LogP contribution is 2.35. The largest absolute Gasteiger partial charge is 0.0616 e. The van der Waals surface area contributed by atoms with Crippen molar-refractivity contribution in [3.63, 3.8) is 0 Å². The monoisotopic (exact) mass is 251 g/mol. The summed E-state index contributed by atoms with van der Waals surface area (Å²) in [6.45, 7) is 4.03. The summed E-state index contributed by atoms with van der Waals surface area (Å²) in [6, 6.07) is 13.7. The minimum Gasteiger partial charge on any atom is -0.0616 e. The zero-order valence-corrected chi connectivity index (χ0v) is 11.7. The minimum atomic E-state index is 0.793. The molecule has 0 unspecified atom stereocenters. The van der Waals surface area contributed by atoms with E-state index in [2.05, 4.69) is 43.3 Å². The quantitative estimate of drug-likeness (QED) is 0.661. The van der Waals surface area contributed by atoms with Gasteiger partial charge in [0.1, 0.15) is 0 Å². The summed E-state index contributed by atoms with van der Waals surface area (Å²) in [6.07, 6.45) is 9.07. The molecule has 0 nitrogen and oxygen atoms in total. The molecule has 19 heavy (non-hydrogen) atoms. The summed E-state index contributed by atoms with van der Waals surface area (Å²) in [5.41, 5.74) is 3.07. The molecule has 0 heteroatoms. The zero-order valence-electron chi connectivity index (χ0n) is 11.7. The van der Waals surface area contributed by atoms with Crippen molar-refractivity contribution in [3.05, 3.63) is 54.4 Å². The predicted octanol–water partition coefficient (Wildman–Crippen LogP) is 5.65. The van der Waals surface area contributed by atoms with E-state index in [4.69, 9.17) is 0 Å². The number of hydrogen-bond acceptors (Lipinski definition) is 0. The molecule has 1 fully saturated rings. The van der Waals surface area contributed by atoms with E-state index in [1.165, 1.54) is 48.4 Å². The lowest BCUT2D eigenvalue weighted by Crippen LogP contribution is -2.05. The lowest BCUT2D eigenvalue weighted by Gasteiger charge is -2.23. The van der Waals surface area contributed by atoms with Gasteiger partial charge in [0.05, 0.1) is 0 Å². The molecule has 0 heterocycles. The van der Waals surface area contributed by atoms with Gasteiger partial charge in [0.25, 0.3) is 0 Å². The first-order valence-corrected chi connectivity index (χ1v) is 7.69. The van der Waals surface area contributed by atoms with Crippen LogP contribution in [-0.2, 0) is 6.42 Å². The van der Waals surface area contributed by atoms with Gasteiger partial charge in [-0.25, -0.2) is 0 Å². The van der Waals surface area contributed by atoms with Crippen LogP contribution in [0.5, 0.6) is 0 Å². The normalized spacial score (nSPS) is 16.9. The average molecular weight is 251 g/mol. The van der Waals surface area contributed by atoms with Crippen LogP contribution in [0.1, 0.15) is 55.6 Å². The second-order valence-electron chi connectivity index (χ2n) is 5.84. The van der Waals surface area contributed by atoms with Crippen LogP contribution in [0.4, 0.5) is 0 Å². The maximum absolute atomic E-state index is 4.03. The van der Waals surface area contributed by atoms with Gasteiger partial charge < -0.3 is 0 Å². The minimum absolute atomic E-state index is 0.793. The molecule has 0 aromatic heterocycles. The van der Waals surface area contributed by atoms with Crippen LogP contribution in [-0.4, -0.2) is 0 Å². The number of hydrogen-bond donors (Lipinski definition) is 0. The lowest BCUT2D eigenvalue weighted by atomic mass is 9.82. The van der Waals surface area contributed by atoms with Gasteiger partial charge in [0.15, 0.2) is 0 Å². The molecule has 0 spiro atoms. The molecule has 0 N–H and O–H groups in total. The van der Waals surface area contributed by atoms with E-state index < -0.39 is 0 Å². The van der Waals surface area contributed by atoms with Crippen molar-refractivity contribution in [2.45, 2.75) is 50.9 Å². The second-order valence-corrected chi connectivity index (χ2v) is 5.84. The Morgan fingerprint density at radius 2 is 1.79 bits per heavy atom. The molecule has 1 saturated carbocycles. The molecular weight excluding hydrogens is 228 g/mol. The molecule has 0 atom stereocenters. The Morgan fingerprint density at radius 3 is 2.58 bits per heavy atom. The zero-order chi connectivity index (χ0) is 13.1. The van der Waals surface area contributed by atoms with Crippen molar-refractivity contribution >= 4 is 10.8 Å². The van der Waals surface area contributed by atoms with E-state index in [1.807, 2.05) is 0 Å². The summed E-state index contributed by atoms with van der Waals surface area (Å²) in [4.78, 5) is 0. The van der Waals surface area contributed by atoms with Crippen LogP contribution >= 0.6 is 0 Å². The molecule has 1 aliphatic carbocycles. The first kappa shape index (κ1) is 12.7. The SMILES string of the molecule is [CH2]CCc1cc(C2CCCCC2)cc2ccccc12. The summed E-state index contributed by atoms with van der Waals surface area (Å²) in [5.74, 6) is 0.793. The Morgan fingerprint density at radius 1 is 1.00 bits per heavy atom. The van der Waals surface area contributed by atoms with E-state index in [0.29, 0.717) is 0 Å². The molecule has 3 rings (SSSR count). The molecule has 99 valence electrons. The van der Waals surface area contributed by atoms with E-state index >= 15 is 0 Å². The van der Waals surface area contributed by atoms with Gasteiger partial charge in [0.2, 0.25) is 0 Å². The summed E-state index contributed by atoms with van der Waals surface area (Å²) >= 11 is 0. The van der Waals surface area contributed by atoms with Crippen LogP contribution in [0.2, 0.25) is 0 Å². The van der Waals surface area contributed by atoms with E-state index in [-0.39, 0.29) is 0 Å². The van der Waals surface area contributed by atoms with Gasteiger partial charge in [0, 0.05) is 0 Å². The van der Waals surface area contributed by atoms with Gasteiger partial charge in [-0.3, -0.25) is 0 Å². The van der Waals surface area contributed by atoms with Crippen molar-refractivity contribution < 1.29 is 0 Å². The van der Waals surface area contributed by atoms with Gasteiger partial charge >= 0.3 is 0 Å². The van der Waals surface area contributed by atoms with Crippen LogP contribution < -0.4 is 0 Å². The van der Waals surface area contributed by atoms with Crippen LogP contribution in [0, 0.1) is 6.92 Å². The highest BCUT2D eigenvalue weighted by molar-refractivity contribution is 5.86. The standard InChI is InChI=1S/C19H23/c1-2-8-16-13-18(15-9-4-3-5-10-15)14-17-11-6-7-12-19(16)17/h6-7,11-15H,1-5,8-10H2. The fourth-order valence-electron chi connectivity index (χ4n) is 3.48. The Labute approximate surface area is 116 Å². The molecule has 2 aromatic rings. The predicted molar refractivity (Wildman–Crippen MR) is 83.5 cm³/mol. The average Bonchev–Trinajstić information content (AvgIpc) is 2.48. The third kappa shape index (κ3) is 2.68. The van der Waals surface area contributed by atoms with Gasteiger partial charge in [-0.05, 0) is 53.5 Å². The van der Waals surface area contributed by atoms with Crippen molar-refractivity contribution in [3.8, 4) is 0 Å². The van der Waals surface area contributed by atoms with Crippen molar-refractivity contribution in [2.75, 3.05) is 0 Å².